The maximum Gasteiger partial charge on any atom is 0.390 e. The summed E-state index contributed by atoms with van der Waals surface area (Å²) >= 11 is 1.35. The highest BCUT2D eigenvalue weighted by Crippen LogP contribution is 2.31. The zero-order valence-electron chi connectivity index (χ0n) is 9.43. The highest BCUT2D eigenvalue weighted by atomic mass is 32.1. The van der Waals surface area contributed by atoms with E-state index in [-0.39, 0.29) is 5.41 Å². The summed E-state index contributed by atoms with van der Waals surface area (Å²) in [6.45, 7) is 5.89. The van der Waals surface area contributed by atoms with Crippen LogP contribution < -0.4 is 5.73 Å². The van der Waals surface area contributed by atoms with Gasteiger partial charge in [0.25, 0.3) is 0 Å². The molecule has 0 bridgehead atoms. The molecule has 0 amide bonds. The molecule has 0 aliphatic carbocycles. The van der Waals surface area contributed by atoms with E-state index in [1.165, 1.54) is 11.3 Å². The van der Waals surface area contributed by atoms with Crippen LogP contribution in [0.1, 0.15) is 43.9 Å². The fourth-order valence-corrected chi connectivity index (χ4v) is 2.13. The quantitative estimate of drug-likeness (QED) is 0.876. The van der Waals surface area contributed by atoms with E-state index in [0.717, 1.165) is 5.01 Å². The maximum absolute atomic E-state index is 12.1. The minimum Gasteiger partial charge on any atom is -0.322 e. The molecule has 1 atom stereocenters. The van der Waals surface area contributed by atoms with Crippen LogP contribution in [0.5, 0.6) is 0 Å². The number of thiazole rings is 1. The molecule has 2 N–H and O–H groups in total. The van der Waals surface area contributed by atoms with E-state index < -0.39 is 18.6 Å². The van der Waals surface area contributed by atoms with Gasteiger partial charge in [-0.25, -0.2) is 4.98 Å². The minimum absolute atomic E-state index is 0.152. The Labute approximate surface area is 96.7 Å². The minimum atomic E-state index is -4.25. The van der Waals surface area contributed by atoms with Gasteiger partial charge in [0.1, 0.15) is 0 Å². The summed E-state index contributed by atoms with van der Waals surface area (Å²) in [6, 6.07) is -1.06. The van der Waals surface area contributed by atoms with Crippen LogP contribution in [0, 0.1) is 0 Å². The van der Waals surface area contributed by atoms with Crippen LogP contribution in [0.25, 0.3) is 0 Å². The van der Waals surface area contributed by atoms with Gasteiger partial charge in [-0.1, -0.05) is 20.8 Å². The first kappa shape index (κ1) is 13.4. The number of hydrogen-bond donors (Lipinski definition) is 1. The van der Waals surface area contributed by atoms with Gasteiger partial charge >= 0.3 is 6.18 Å². The van der Waals surface area contributed by atoms with Crippen LogP contribution in [0.2, 0.25) is 0 Å². The van der Waals surface area contributed by atoms with Crippen LogP contribution in [0.15, 0.2) is 5.38 Å². The summed E-state index contributed by atoms with van der Waals surface area (Å²) in [7, 11) is 0. The fourth-order valence-electron chi connectivity index (χ4n) is 1.15. The Morgan fingerprint density at radius 2 is 1.94 bits per heavy atom. The molecule has 16 heavy (non-hydrogen) atoms. The Bertz CT molecular complexity index is 352. The Hall–Kier alpha value is -0.620. The standard InChI is InChI=1S/C10H15F3N2S/c1-9(2,3)8-15-7(5-16-8)6(14)4-10(11,12)13/h5-6H,4,14H2,1-3H3/t6-/m0/s1. The van der Waals surface area contributed by atoms with E-state index in [4.69, 9.17) is 5.73 Å². The molecule has 6 heteroatoms. The Morgan fingerprint density at radius 1 is 1.38 bits per heavy atom. The van der Waals surface area contributed by atoms with Crippen LogP contribution in [-0.4, -0.2) is 11.2 Å². The number of nitrogens with zero attached hydrogens (tertiary/aromatic N) is 1. The van der Waals surface area contributed by atoms with Crippen LogP contribution in [-0.2, 0) is 5.41 Å². The normalized spacial score (nSPS) is 15.2. The topological polar surface area (TPSA) is 38.9 Å². The van der Waals surface area contributed by atoms with E-state index in [2.05, 4.69) is 4.98 Å². The predicted octanol–water partition coefficient (Wildman–Crippen LogP) is 3.39. The lowest BCUT2D eigenvalue weighted by molar-refractivity contribution is -0.138. The van der Waals surface area contributed by atoms with Crippen molar-refractivity contribution in [3.05, 3.63) is 16.1 Å². The Kier molecular flexibility index (Phi) is 3.64. The molecule has 1 aromatic rings. The second-order valence-electron chi connectivity index (χ2n) is 4.75. The first-order valence-corrected chi connectivity index (χ1v) is 5.76. The molecular weight excluding hydrogens is 237 g/mol. The maximum atomic E-state index is 12.1. The molecule has 0 radical (unpaired) electrons. The second kappa shape index (κ2) is 4.33. The third kappa shape index (κ3) is 3.75. The molecule has 2 nitrogen and oxygen atoms in total. The molecule has 0 unspecified atom stereocenters. The highest BCUT2D eigenvalue weighted by molar-refractivity contribution is 7.09. The zero-order valence-corrected chi connectivity index (χ0v) is 10.2. The van der Waals surface area contributed by atoms with Gasteiger partial charge in [0.05, 0.1) is 23.2 Å². The van der Waals surface area contributed by atoms with Crippen LogP contribution in [0.4, 0.5) is 13.2 Å². The molecule has 0 aliphatic heterocycles. The molecule has 0 spiro atoms. The lowest BCUT2D eigenvalue weighted by Crippen LogP contribution is -2.21. The lowest BCUT2D eigenvalue weighted by atomic mass is 9.98. The summed E-state index contributed by atoms with van der Waals surface area (Å²) in [5.74, 6) is 0. The summed E-state index contributed by atoms with van der Waals surface area (Å²) in [6.07, 6.45) is -5.27. The molecule has 0 saturated heterocycles. The van der Waals surface area contributed by atoms with Crippen LogP contribution in [0.3, 0.4) is 0 Å². The highest BCUT2D eigenvalue weighted by Gasteiger charge is 2.32. The van der Waals surface area contributed by atoms with Crippen molar-refractivity contribution in [2.45, 2.75) is 44.8 Å². The molecule has 0 aromatic carbocycles. The van der Waals surface area contributed by atoms with Crippen LogP contribution >= 0.6 is 11.3 Å². The van der Waals surface area contributed by atoms with Gasteiger partial charge in [0.2, 0.25) is 0 Å². The van der Waals surface area contributed by atoms with Gasteiger partial charge in [0.15, 0.2) is 0 Å². The molecule has 1 heterocycles. The number of alkyl halides is 3. The van der Waals surface area contributed by atoms with E-state index in [9.17, 15) is 13.2 Å². The smallest absolute Gasteiger partial charge is 0.322 e. The summed E-state index contributed by atoms with van der Waals surface area (Å²) in [4.78, 5) is 4.16. The van der Waals surface area contributed by atoms with Gasteiger partial charge in [0, 0.05) is 10.8 Å². The van der Waals surface area contributed by atoms with Crippen molar-refractivity contribution in [2.75, 3.05) is 0 Å². The molecule has 92 valence electrons. The first-order valence-electron chi connectivity index (χ1n) is 4.88. The van der Waals surface area contributed by atoms with Crippen molar-refractivity contribution in [2.24, 2.45) is 5.73 Å². The van der Waals surface area contributed by atoms with Crippen molar-refractivity contribution >= 4 is 11.3 Å². The third-order valence-electron chi connectivity index (χ3n) is 1.99. The molecule has 0 saturated carbocycles. The van der Waals surface area contributed by atoms with Gasteiger partial charge in [-0.05, 0) is 0 Å². The number of hydrogen-bond acceptors (Lipinski definition) is 3. The van der Waals surface area contributed by atoms with Gasteiger partial charge in [-0.3, -0.25) is 0 Å². The second-order valence-corrected chi connectivity index (χ2v) is 5.61. The monoisotopic (exact) mass is 252 g/mol. The number of rotatable bonds is 2. The Balaban J connectivity index is 2.79. The lowest BCUT2D eigenvalue weighted by Gasteiger charge is -2.15. The van der Waals surface area contributed by atoms with Gasteiger partial charge in [-0.2, -0.15) is 13.2 Å². The predicted molar refractivity (Wildman–Crippen MR) is 58.4 cm³/mol. The summed E-state index contributed by atoms with van der Waals surface area (Å²) < 4.78 is 36.4. The number of halogens is 3. The first-order chi connectivity index (χ1) is 7.09. The molecule has 0 aliphatic rings. The van der Waals surface area contributed by atoms with Gasteiger partial charge < -0.3 is 5.73 Å². The van der Waals surface area contributed by atoms with Crippen molar-refractivity contribution < 1.29 is 13.2 Å². The molecule has 1 rings (SSSR count). The van der Waals surface area contributed by atoms with Crippen molar-refractivity contribution in [3.63, 3.8) is 0 Å². The summed E-state index contributed by atoms with van der Waals surface area (Å²) in [5, 5.41) is 2.41. The largest absolute Gasteiger partial charge is 0.390 e. The average Bonchev–Trinajstić information content (AvgIpc) is 2.46. The van der Waals surface area contributed by atoms with Crippen molar-refractivity contribution in [1.29, 1.82) is 0 Å². The number of nitrogens with two attached hydrogens (primary N) is 1. The average molecular weight is 252 g/mol. The SMILES string of the molecule is CC(C)(C)c1nc([C@@H](N)CC(F)(F)F)cs1. The van der Waals surface area contributed by atoms with E-state index in [0.29, 0.717) is 5.69 Å². The number of aromatic nitrogens is 1. The summed E-state index contributed by atoms with van der Waals surface area (Å²) in [5.41, 5.74) is 5.64. The Morgan fingerprint density at radius 3 is 2.31 bits per heavy atom. The van der Waals surface area contributed by atoms with E-state index in [1.807, 2.05) is 20.8 Å². The van der Waals surface area contributed by atoms with E-state index >= 15 is 0 Å². The molecule has 0 fully saturated rings. The third-order valence-corrected chi connectivity index (χ3v) is 3.28. The molecular formula is C10H15F3N2S. The molecule has 1 aromatic heterocycles. The van der Waals surface area contributed by atoms with Crippen molar-refractivity contribution in [3.8, 4) is 0 Å². The zero-order chi connectivity index (χ0) is 12.6. The van der Waals surface area contributed by atoms with Gasteiger partial charge in [-0.15, -0.1) is 11.3 Å². The van der Waals surface area contributed by atoms with E-state index in [1.54, 1.807) is 5.38 Å². The van der Waals surface area contributed by atoms with Crippen molar-refractivity contribution in [1.82, 2.24) is 4.98 Å². The fraction of sp³-hybridized carbons (Fsp3) is 0.700.